The predicted molar refractivity (Wildman–Crippen MR) is 101 cm³/mol. The van der Waals surface area contributed by atoms with Crippen LogP contribution in [0.15, 0.2) is 48.5 Å². The average molecular weight is 358 g/mol. The van der Waals surface area contributed by atoms with E-state index in [-0.39, 0.29) is 23.5 Å². The van der Waals surface area contributed by atoms with E-state index < -0.39 is 9.84 Å². The Balaban J connectivity index is 1.55. The van der Waals surface area contributed by atoms with Crippen LogP contribution in [0.5, 0.6) is 0 Å². The highest BCUT2D eigenvalue weighted by Crippen LogP contribution is 2.19. The van der Waals surface area contributed by atoms with Gasteiger partial charge in [0.25, 0.3) is 0 Å². The van der Waals surface area contributed by atoms with Gasteiger partial charge in [0, 0.05) is 17.4 Å². The Morgan fingerprint density at radius 1 is 1.08 bits per heavy atom. The summed E-state index contributed by atoms with van der Waals surface area (Å²) in [5.41, 5.74) is 3.70. The Morgan fingerprint density at radius 3 is 2.40 bits per heavy atom. The highest BCUT2D eigenvalue weighted by molar-refractivity contribution is 7.91. The Hall–Kier alpha value is -2.34. The van der Waals surface area contributed by atoms with Crippen LogP contribution >= 0.6 is 0 Å². The van der Waals surface area contributed by atoms with Gasteiger partial charge in [0.2, 0.25) is 5.91 Å². The fourth-order valence-electron chi connectivity index (χ4n) is 2.98. The zero-order chi connectivity index (χ0) is 17.9. The fraction of sp³-hybridized carbons (Fsp3) is 0.316. The molecule has 6 heteroatoms. The fourth-order valence-corrected chi connectivity index (χ4v) is 4.65. The second kappa shape index (κ2) is 7.27. The average Bonchev–Trinajstić information content (AvgIpc) is 2.90. The minimum atomic E-state index is -2.89. The van der Waals surface area contributed by atoms with E-state index in [2.05, 4.69) is 10.6 Å². The summed E-state index contributed by atoms with van der Waals surface area (Å²) in [5.74, 6) is 0.372. The van der Waals surface area contributed by atoms with Gasteiger partial charge in [-0.25, -0.2) is 8.42 Å². The van der Waals surface area contributed by atoms with E-state index >= 15 is 0 Å². The number of carbonyl (C=O) groups excluding carboxylic acids is 1. The van der Waals surface area contributed by atoms with Crippen LogP contribution < -0.4 is 10.6 Å². The van der Waals surface area contributed by atoms with E-state index in [0.29, 0.717) is 12.8 Å². The first kappa shape index (κ1) is 17.5. The minimum absolute atomic E-state index is 0.0357. The molecule has 1 amide bonds. The smallest absolute Gasteiger partial charge is 0.228 e. The van der Waals surface area contributed by atoms with Crippen molar-refractivity contribution in [2.45, 2.75) is 25.8 Å². The van der Waals surface area contributed by atoms with Crippen LogP contribution in [-0.2, 0) is 21.1 Å². The van der Waals surface area contributed by atoms with Gasteiger partial charge < -0.3 is 10.6 Å². The van der Waals surface area contributed by atoms with Crippen molar-refractivity contribution in [2.24, 2.45) is 0 Å². The highest BCUT2D eigenvalue weighted by Gasteiger charge is 2.27. The van der Waals surface area contributed by atoms with Gasteiger partial charge in [0.15, 0.2) is 9.84 Å². The third kappa shape index (κ3) is 4.82. The van der Waals surface area contributed by atoms with Crippen LogP contribution in [0, 0.1) is 6.92 Å². The standard InChI is InChI=1S/C19H22N2O3S/c1-14-4-2-3-5-15(14)12-19(22)21-17-8-6-16(7-9-17)20-18-10-11-25(23,24)13-18/h2-9,18,20H,10-13H2,1H3,(H,21,22). The summed E-state index contributed by atoms with van der Waals surface area (Å²) in [4.78, 5) is 12.2. The summed E-state index contributed by atoms with van der Waals surface area (Å²) in [6.07, 6.45) is 0.976. The monoisotopic (exact) mass is 358 g/mol. The molecule has 0 aromatic heterocycles. The maximum atomic E-state index is 12.2. The molecule has 1 fully saturated rings. The molecule has 132 valence electrons. The number of carbonyl (C=O) groups is 1. The summed E-state index contributed by atoms with van der Waals surface area (Å²) in [6.45, 7) is 1.99. The molecule has 0 radical (unpaired) electrons. The van der Waals surface area contributed by atoms with Gasteiger partial charge in [-0.2, -0.15) is 0 Å². The molecule has 1 aliphatic heterocycles. The van der Waals surface area contributed by atoms with Crippen LogP contribution in [0.1, 0.15) is 17.5 Å². The van der Waals surface area contributed by atoms with E-state index in [0.717, 1.165) is 22.5 Å². The van der Waals surface area contributed by atoms with Gasteiger partial charge in [-0.1, -0.05) is 24.3 Å². The summed E-state index contributed by atoms with van der Waals surface area (Å²) in [6, 6.07) is 15.2. The minimum Gasteiger partial charge on any atom is -0.381 e. The van der Waals surface area contributed by atoms with Crippen molar-refractivity contribution in [1.82, 2.24) is 0 Å². The van der Waals surface area contributed by atoms with E-state index in [9.17, 15) is 13.2 Å². The van der Waals surface area contributed by atoms with Crippen molar-refractivity contribution in [2.75, 3.05) is 22.1 Å². The van der Waals surface area contributed by atoms with Crippen molar-refractivity contribution in [1.29, 1.82) is 0 Å². The van der Waals surface area contributed by atoms with Crippen LogP contribution in [-0.4, -0.2) is 31.9 Å². The van der Waals surface area contributed by atoms with Crippen LogP contribution in [0.25, 0.3) is 0 Å². The number of nitrogens with one attached hydrogen (secondary N) is 2. The third-order valence-corrected chi connectivity index (χ3v) is 6.15. The number of hydrogen-bond donors (Lipinski definition) is 2. The Labute approximate surface area is 148 Å². The molecule has 0 bridgehead atoms. The van der Waals surface area contributed by atoms with E-state index in [1.54, 1.807) is 0 Å². The number of aryl methyl sites for hydroxylation is 1. The molecule has 2 N–H and O–H groups in total. The number of rotatable bonds is 5. The zero-order valence-electron chi connectivity index (χ0n) is 14.2. The lowest BCUT2D eigenvalue weighted by molar-refractivity contribution is -0.115. The molecule has 1 aliphatic rings. The molecule has 0 aliphatic carbocycles. The van der Waals surface area contributed by atoms with E-state index in [4.69, 9.17) is 0 Å². The maximum Gasteiger partial charge on any atom is 0.228 e. The molecule has 5 nitrogen and oxygen atoms in total. The van der Waals surface area contributed by atoms with Crippen LogP contribution in [0.3, 0.4) is 0 Å². The van der Waals surface area contributed by atoms with Crippen LogP contribution in [0.2, 0.25) is 0 Å². The predicted octanol–water partition coefficient (Wildman–Crippen LogP) is 2.78. The first-order valence-electron chi connectivity index (χ1n) is 8.33. The second-order valence-corrected chi connectivity index (χ2v) is 8.70. The third-order valence-electron chi connectivity index (χ3n) is 4.38. The summed E-state index contributed by atoms with van der Waals surface area (Å²) in [5, 5.41) is 6.12. The summed E-state index contributed by atoms with van der Waals surface area (Å²) < 4.78 is 23.0. The summed E-state index contributed by atoms with van der Waals surface area (Å²) >= 11 is 0. The molecular formula is C19H22N2O3S. The van der Waals surface area contributed by atoms with Crippen molar-refractivity contribution in [3.8, 4) is 0 Å². The molecule has 1 saturated heterocycles. The topological polar surface area (TPSA) is 75.3 Å². The van der Waals surface area contributed by atoms with Gasteiger partial charge >= 0.3 is 0 Å². The van der Waals surface area contributed by atoms with Crippen molar-refractivity contribution in [3.63, 3.8) is 0 Å². The lowest BCUT2D eigenvalue weighted by Crippen LogP contribution is -2.20. The zero-order valence-corrected chi connectivity index (χ0v) is 15.0. The number of sulfone groups is 1. The van der Waals surface area contributed by atoms with E-state index in [1.807, 2.05) is 55.5 Å². The summed E-state index contributed by atoms with van der Waals surface area (Å²) in [7, 11) is -2.89. The molecule has 0 spiro atoms. The Morgan fingerprint density at radius 2 is 1.76 bits per heavy atom. The number of hydrogen-bond acceptors (Lipinski definition) is 4. The molecule has 1 atom stereocenters. The molecule has 3 rings (SSSR count). The van der Waals surface area contributed by atoms with Gasteiger partial charge in [-0.3, -0.25) is 4.79 Å². The van der Waals surface area contributed by atoms with E-state index in [1.165, 1.54) is 0 Å². The van der Waals surface area contributed by atoms with Gasteiger partial charge in [0.05, 0.1) is 17.9 Å². The van der Waals surface area contributed by atoms with Gasteiger partial charge in [-0.15, -0.1) is 0 Å². The molecule has 1 unspecified atom stereocenters. The normalized spacial score (nSPS) is 18.7. The van der Waals surface area contributed by atoms with Crippen molar-refractivity contribution >= 4 is 27.1 Å². The van der Waals surface area contributed by atoms with Gasteiger partial charge in [-0.05, 0) is 48.7 Å². The molecular weight excluding hydrogens is 336 g/mol. The SMILES string of the molecule is Cc1ccccc1CC(=O)Nc1ccc(NC2CCS(=O)(=O)C2)cc1. The quantitative estimate of drug-likeness (QED) is 0.862. The maximum absolute atomic E-state index is 12.2. The number of amides is 1. The molecule has 1 heterocycles. The lowest BCUT2D eigenvalue weighted by atomic mass is 10.1. The molecule has 2 aromatic rings. The molecule has 2 aromatic carbocycles. The second-order valence-electron chi connectivity index (χ2n) is 6.47. The van der Waals surface area contributed by atoms with Crippen molar-refractivity contribution in [3.05, 3.63) is 59.7 Å². The first-order chi connectivity index (χ1) is 11.9. The largest absolute Gasteiger partial charge is 0.381 e. The van der Waals surface area contributed by atoms with Crippen LogP contribution in [0.4, 0.5) is 11.4 Å². The van der Waals surface area contributed by atoms with Crippen molar-refractivity contribution < 1.29 is 13.2 Å². The number of anilines is 2. The first-order valence-corrected chi connectivity index (χ1v) is 10.1. The lowest BCUT2D eigenvalue weighted by Gasteiger charge is -2.13. The Kier molecular flexibility index (Phi) is 5.08. The number of benzene rings is 2. The Bertz CT molecular complexity index is 860. The van der Waals surface area contributed by atoms with Gasteiger partial charge in [0.1, 0.15) is 0 Å². The highest BCUT2D eigenvalue weighted by atomic mass is 32.2. The molecule has 25 heavy (non-hydrogen) atoms. The molecule has 0 saturated carbocycles.